The Labute approximate surface area is 139 Å². The monoisotopic (exact) mass is 326 g/mol. The normalized spacial score (nSPS) is 10.4. The second-order valence-corrected chi connectivity index (χ2v) is 4.99. The summed E-state index contributed by atoms with van der Waals surface area (Å²) in [5.41, 5.74) is 4.37. The van der Waals surface area contributed by atoms with Crippen LogP contribution in [-0.2, 0) is 0 Å². The van der Waals surface area contributed by atoms with Gasteiger partial charge in [-0.15, -0.1) is 0 Å². The lowest BCUT2D eigenvalue weighted by molar-refractivity contribution is 0.245. The third-order valence-corrected chi connectivity index (χ3v) is 3.39. The number of carbonyl (C=O) groups is 1. The summed E-state index contributed by atoms with van der Waals surface area (Å²) in [6, 6.07) is 14.5. The van der Waals surface area contributed by atoms with Crippen molar-refractivity contribution >= 4 is 17.1 Å². The van der Waals surface area contributed by atoms with Gasteiger partial charge in [0.25, 0.3) is 0 Å². The highest BCUT2D eigenvalue weighted by Crippen LogP contribution is 2.16. The van der Waals surface area contributed by atoms with E-state index in [9.17, 15) is 4.79 Å². The van der Waals surface area contributed by atoms with Gasteiger partial charge in [-0.25, -0.2) is 19.9 Å². The van der Waals surface area contributed by atoms with Crippen LogP contribution >= 0.6 is 0 Å². The van der Waals surface area contributed by atoms with Crippen molar-refractivity contribution in [2.75, 3.05) is 25.7 Å². The lowest BCUT2D eigenvalue weighted by Gasteiger charge is -2.10. The maximum Gasteiger partial charge on any atom is 0.334 e. The molecule has 0 aliphatic rings. The number of benzene rings is 2. The first kappa shape index (κ1) is 15.7. The molecule has 0 radical (unpaired) electrons. The zero-order valence-corrected chi connectivity index (χ0v) is 13.2. The maximum atomic E-state index is 11.9. The molecule has 2 amide bonds. The molecule has 0 spiro atoms. The van der Waals surface area contributed by atoms with E-state index >= 15 is 0 Å². The number of para-hydroxylation sites is 2. The Balaban J connectivity index is 1.44. The molecule has 0 aliphatic heterocycles. The Bertz CT molecular complexity index is 814. The number of carbonyl (C=O) groups excluding carboxylic acids is 1. The van der Waals surface area contributed by atoms with Crippen LogP contribution in [0.5, 0.6) is 11.5 Å². The van der Waals surface area contributed by atoms with Crippen molar-refractivity contribution in [1.29, 1.82) is 0 Å². The number of imidazole rings is 1. The summed E-state index contributed by atoms with van der Waals surface area (Å²) in [6.07, 6.45) is 1.57. The average Bonchev–Trinajstić information content (AvgIpc) is 3.02. The molecule has 0 bridgehead atoms. The highest BCUT2D eigenvalue weighted by atomic mass is 16.5. The van der Waals surface area contributed by atoms with Gasteiger partial charge in [-0.1, -0.05) is 12.1 Å². The standard InChI is InChI=1S/C17H18N4O3/c1-23-13-6-8-14(9-7-13)24-11-10-18-17(22)20-21-12-19-15-4-2-3-5-16(15)21/h2-9,12H,10-11H2,1H3,(H2,18,20,22). The van der Waals surface area contributed by atoms with E-state index in [1.807, 2.05) is 48.5 Å². The van der Waals surface area contributed by atoms with Gasteiger partial charge in [-0.05, 0) is 36.4 Å². The SMILES string of the molecule is COc1ccc(OCCNC(=O)Nn2cnc3ccccc32)cc1. The summed E-state index contributed by atoms with van der Waals surface area (Å²) in [6.45, 7) is 0.745. The van der Waals surface area contributed by atoms with Crippen molar-refractivity contribution in [3.8, 4) is 11.5 Å². The van der Waals surface area contributed by atoms with Gasteiger partial charge in [0.15, 0.2) is 0 Å². The molecule has 0 saturated carbocycles. The van der Waals surface area contributed by atoms with Crippen molar-refractivity contribution in [2.45, 2.75) is 0 Å². The van der Waals surface area contributed by atoms with E-state index in [1.165, 1.54) is 0 Å². The fourth-order valence-corrected chi connectivity index (χ4v) is 2.20. The van der Waals surface area contributed by atoms with Crippen molar-refractivity contribution in [3.05, 3.63) is 54.9 Å². The molecular weight excluding hydrogens is 308 g/mol. The molecule has 124 valence electrons. The summed E-state index contributed by atoms with van der Waals surface area (Å²) >= 11 is 0. The summed E-state index contributed by atoms with van der Waals surface area (Å²) < 4.78 is 12.2. The summed E-state index contributed by atoms with van der Waals surface area (Å²) in [4.78, 5) is 16.1. The van der Waals surface area contributed by atoms with Gasteiger partial charge < -0.3 is 14.8 Å². The van der Waals surface area contributed by atoms with Crippen LogP contribution in [0, 0.1) is 0 Å². The molecule has 1 heterocycles. The number of hydrogen-bond donors (Lipinski definition) is 2. The van der Waals surface area contributed by atoms with Gasteiger partial charge in [0, 0.05) is 0 Å². The van der Waals surface area contributed by atoms with Crippen molar-refractivity contribution < 1.29 is 14.3 Å². The van der Waals surface area contributed by atoms with Gasteiger partial charge in [0.1, 0.15) is 24.4 Å². The average molecular weight is 326 g/mol. The number of urea groups is 1. The Morgan fingerprint density at radius 2 is 1.88 bits per heavy atom. The molecule has 3 rings (SSSR count). The van der Waals surface area contributed by atoms with E-state index < -0.39 is 0 Å². The van der Waals surface area contributed by atoms with Gasteiger partial charge in [-0.3, -0.25) is 0 Å². The lowest BCUT2D eigenvalue weighted by atomic mass is 10.3. The lowest BCUT2D eigenvalue weighted by Crippen LogP contribution is -2.36. The number of ether oxygens (including phenoxy) is 2. The van der Waals surface area contributed by atoms with Crippen molar-refractivity contribution in [3.63, 3.8) is 0 Å². The predicted octanol–water partition coefficient (Wildman–Crippen LogP) is 2.38. The first-order valence-electron chi connectivity index (χ1n) is 7.50. The van der Waals surface area contributed by atoms with E-state index in [0.717, 1.165) is 22.5 Å². The third kappa shape index (κ3) is 3.75. The smallest absolute Gasteiger partial charge is 0.334 e. The van der Waals surface area contributed by atoms with E-state index in [4.69, 9.17) is 9.47 Å². The van der Waals surface area contributed by atoms with Gasteiger partial charge in [0.2, 0.25) is 0 Å². The van der Waals surface area contributed by atoms with Crippen LogP contribution in [0.25, 0.3) is 11.0 Å². The first-order valence-corrected chi connectivity index (χ1v) is 7.50. The predicted molar refractivity (Wildman–Crippen MR) is 91.0 cm³/mol. The van der Waals surface area contributed by atoms with Crippen LogP contribution in [0.4, 0.5) is 4.79 Å². The zero-order valence-electron chi connectivity index (χ0n) is 13.2. The molecule has 0 fully saturated rings. The molecule has 2 aromatic carbocycles. The third-order valence-electron chi connectivity index (χ3n) is 3.39. The Hall–Kier alpha value is -3.22. The van der Waals surface area contributed by atoms with Gasteiger partial charge in [0.05, 0.1) is 24.7 Å². The fraction of sp³-hybridized carbons (Fsp3) is 0.176. The molecule has 2 N–H and O–H groups in total. The Kier molecular flexibility index (Phi) is 4.81. The van der Waals surface area contributed by atoms with Crippen LogP contribution in [0.3, 0.4) is 0 Å². The van der Waals surface area contributed by atoms with Gasteiger partial charge >= 0.3 is 6.03 Å². The van der Waals surface area contributed by atoms with E-state index in [0.29, 0.717) is 13.2 Å². The summed E-state index contributed by atoms with van der Waals surface area (Å²) in [5, 5.41) is 2.73. The highest BCUT2D eigenvalue weighted by molar-refractivity contribution is 5.84. The molecule has 7 nitrogen and oxygen atoms in total. The van der Waals surface area contributed by atoms with Crippen LogP contribution in [0.2, 0.25) is 0 Å². The maximum absolute atomic E-state index is 11.9. The van der Waals surface area contributed by atoms with E-state index in [1.54, 1.807) is 18.1 Å². The second kappa shape index (κ2) is 7.36. The van der Waals surface area contributed by atoms with Crippen LogP contribution in [-0.4, -0.2) is 36.0 Å². The van der Waals surface area contributed by atoms with E-state index in [2.05, 4.69) is 15.7 Å². The Morgan fingerprint density at radius 3 is 2.67 bits per heavy atom. The molecule has 1 aromatic heterocycles. The van der Waals surface area contributed by atoms with Crippen LogP contribution < -0.4 is 20.2 Å². The van der Waals surface area contributed by atoms with Gasteiger partial charge in [-0.2, -0.15) is 0 Å². The molecule has 0 unspecified atom stereocenters. The number of rotatable bonds is 6. The quantitative estimate of drug-likeness (QED) is 0.682. The number of hydrogen-bond acceptors (Lipinski definition) is 4. The summed E-state index contributed by atoms with van der Waals surface area (Å²) in [5.74, 6) is 1.49. The number of nitrogens with zero attached hydrogens (tertiary/aromatic N) is 2. The topological polar surface area (TPSA) is 77.4 Å². The van der Waals surface area contributed by atoms with E-state index in [-0.39, 0.29) is 6.03 Å². The zero-order chi connectivity index (χ0) is 16.8. The van der Waals surface area contributed by atoms with Crippen molar-refractivity contribution in [2.24, 2.45) is 0 Å². The second-order valence-electron chi connectivity index (χ2n) is 4.99. The number of amides is 2. The highest BCUT2D eigenvalue weighted by Gasteiger charge is 2.05. The van der Waals surface area contributed by atoms with Crippen LogP contribution in [0.1, 0.15) is 0 Å². The number of methoxy groups -OCH3 is 1. The summed E-state index contributed by atoms with van der Waals surface area (Å²) in [7, 11) is 1.61. The Morgan fingerprint density at radius 1 is 1.12 bits per heavy atom. The molecule has 0 aliphatic carbocycles. The molecule has 0 atom stereocenters. The first-order chi connectivity index (χ1) is 11.8. The largest absolute Gasteiger partial charge is 0.497 e. The number of nitrogens with one attached hydrogen (secondary N) is 2. The minimum atomic E-state index is -0.323. The number of fused-ring (bicyclic) bond motifs is 1. The molecular formula is C17H18N4O3. The molecule has 24 heavy (non-hydrogen) atoms. The molecule has 7 heteroatoms. The fourth-order valence-electron chi connectivity index (χ4n) is 2.20. The number of aromatic nitrogens is 2. The van der Waals surface area contributed by atoms with Crippen molar-refractivity contribution in [1.82, 2.24) is 15.0 Å². The molecule has 0 saturated heterocycles. The minimum absolute atomic E-state index is 0.323. The molecule has 3 aromatic rings. The minimum Gasteiger partial charge on any atom is -0.497 e. The van der Waals surface area contributed by atoms with Crippen LogP contribution in [0.15, 0.2) is 54.9 Å².